The minimum Gasteiger partial charge on any atom is -0.456 e. The number of fused-ring (bicyclic) bond motifs is 9. The summed E-state index contributed by atoms with van der Waals surface area (Å²) in [5.74, 6) is 0. The summed E-state index contributed by atoms with van der Waals surface area (Å²) in [6, 6.07) is 75.0. The SMILES string of the molecule is CC1(C)c2ccccc2-c2ccc(N(c3ccc(-c4cccc5c4c4ccccc4n5-c4ccccc4)cc3)c3ccccc3-c3ccc4oc5ccccc5c4c3)cc21. The zero-order valence-electron chi connectivity index (χ0n) is 33.4. The standard InChI is InChI=1S/C57H40N2O/c1-57(2)49-22-10-6-18-44(49)45-33-32-41(36-50(45)57)58(51-23-11-7-17-42(51)38-29-34-55-48(35-38)46-19-9-13-26-54(46)60-55)40-30-27-37(28-31-40)43-21-14-25-53-56(43)47-20-8-12-24-52(47)59(53)39-15-4-3-5-16-39/h3-36H,1-2H3. The molecule has 0 N–H and O–H groups in total. The van der Waals surface area contributed by atoms with Crippen molar-refractivity contribution in [1.29, 1.82) is 0 Å². The topological polar surface area (TPSA) is 21.3 Å². The number of aromatic nitrogens is 1. The predicted molar refractivity (Wildman–Crippen MR) is 251 cm³/mol. The van der Waals surface area contributed by atoms with Crippen LogP contribution >= 0.6 is 0 Å². The molecule has 2 aromatic heterocycles. The van der Waals surface area contributed by atoms with Crippen molar-refractivity contribution < 1.29 is 4.42 Å². The van der Waals surface area contributed by atoms with Crippen LogP contribution in [0.5, 0.6) is 0 Å². The fourth-order valence-electron chi connectivity index (χ4n) is 9.97. The second-order valence-corrected chi connectivity index (χ2v) is 16.5. The zero-order chi connectivity index (χ0) is 40.0. The molecule has 2 heterocycles. The van der Waals surface area contributed by atoms with Gasteiger partial charge in [-0.3, -0.25) is 0 Å². The molecule has 9 aromatic carbocycles. The third-order valence-corrected chi connectivity index (χ3v) is 12.8. The summed E-state index contributed by atoms with van der Waals surface area (Å²) in [5, 5.41) is 4.75. The van der Waals surface area contributed by atoms with E-state index < -0.39 is 0 Å². The molecule has 284 valence electrons. The molecule has 12 rings (SSSR count). The van der Waals surface area contributed by atoms with Crippen molar-refractivity contribution in [3.8, 4) is 39.1 Å². The van der Waals surface area contributed by atoms with Crippen molar-refractivity contribution in [3.05, 3.63) is 217 Å². The smallest absolute Gasteiger partial charge is 0.135 e. The Labute approximate surface area is 349 Å². The van der Waals surface area contributed by atoms with Gasteiger partial charge >= 0.3 is 0 Å². The van der Waals surface area contributed by atoms with Gasteiger partial charge < -0.3 is 13.9 Å². The lowest BCUT2D eigenvalue weighted by molar-refractivity contribution is 0.660. The average molecular weight is 769 g/mol. The van der Waals surface area contributed by atoms with E-state index in [1.165, 1.54) is 55.2 Å². The summed E-state index contributed by atoms with van der Waals surface area (Å²) in [6.07, 6.45) is 0. The lowest BCUT2D eigenvalue weighted by Gasteiger charge is -2.30. The molecule has 3 nitrogen and oxygen atoms in total. The van der Waals surface area contributed by atoms with Crippen LogP contribution in [0.15, 0.2) is 211 Å². The maximum atomic E-state index is 6.26. The van der Waals surface area contributed by atoms with Crippen LogP contribution in [0.4, 0.5) is 17.1 Å². The summed E-state index contributed by atoms with van der Waals surface area (Å²) in [7, 11) is 0. The van der Waals surface area contributed by atoms with Crippen LogP contribution in [0.1, 0.15) is 25.0 Å². The van der Waals surface area contributed by atoms with Gasteiger partial charge in [-0.05, 0) is 112 Å². The van der Waals surface area contributed by atoms with Crippen LogP contribution in [0, 0.1) is 0 Å². The second-order valence-electron chi connectivity index (χ2n) is 16.5. The number of benzene rings is 9. The Bertz CT molecular complexity index is 3460. The molecule has 0 saturated heterocycles. The minimum atomic E-state index is -0.137. The van der Waals surface area contributed by atoms with Crippen molar-refractivity contribution in [3.63, 3.8) is 0 Å². The quantitative estimate of drug-likeness (QED) is 0.168. The Morgan fingerprint density at radius 3 is 1.92 bits per heavy atom. The van der Waals surface area contributed by atoms with Crippen LogP contribution < -0.4 is 4.90 Å². The normalized spacial score (nSPS) is 13.0. The molecule has 0 radical (unpaired) electrons. The Balaban J connectivity index is 1.04. The zero-order valence-corrected chi connectivity index (χ0v) is 33.4. The number of furan rings is 1. The average Bonchev–Trinajstić information content (AvgIpc) is 3.92. The number of hydrogen-bond donors (Lipinski definition) is 0. The van der Waals surface area contributed by atoms with Crippen molar-refractivity contribution in [1.82, 2.24) is 4.57 Å². The molecule has 0 atom stereocenters. The fraction of sp³-hybridized carbons (Fsp3) is 0.0526. The molecule has 0 unspecified atom stereocenters. The largest absolute Gasteiger partial charge is 0.456 e. The van der Waals surface area contributed by atoms with Crippen molar-refractivity contribution in [2.24, 2.45) is 0 Å². The van der Waals surface area contributed by atoms with E-state index in [4.69, 9.17) is 4.42 Å². The van der Waals surface area contributed by atoms with Gasteiger partial charge in [0.05, 0.1) is 16.7 Å². The molecule has 0 aliphatic heterocycles. The third-order valence-electron chi connectivity index (χ3n) is 12.8. The van der Waals surface area contributed by atoms with E-state index in [0.29, 0.717) is 0 Å². The third kappa shape index (κ3) is 5.15. The Hall–Kier alpha value is -7.62. The van der Waals surface area contributed by atoms with Crippen LogP contribution in [0.25, 0.3) is 82.8 Å². The van der Waals surface area contributed by atoms with E-state index in [2.05, 4.69) is 217 Å². The molecule has 11 aromatic rings. The molecule has 60 heavy (non-hydrogen) atoms. The number of para-hydroxylation sites is 4. The predicted octanol–water partition coefficient (Wildman–Crippen LogP) is 15.8. The molecule has 1 aliphatic carbocycles. The molecule has 0 spiro atoms. The summed E-state index contributed by atoms with van der Waals surface area (Å²) in [4.78, 5) is 2.44. The fourth-order valence-corrected chi connectivity index (χ4v) is 9.97. The first-order valence-electron chi connectivity index (χ1n) is 20.8. The molecule has 0 amide bonds. The van der Waals surface area contributed by atoms with Crippen LogP contribution in [-0.2, 0) is 5.41 Å². The summed E-state index contributed by atoms with van der Waals surface area (Å²) < 4.78 is 8.65. The highest BCUT2D eigenvalue weighted by atomic mass is 16.3. The Morgan fingerprint density at radius 1 is 0.417 bits per heavy atom. The number of hydrogen-bond acceptors (Lipinski definition) is 2. The van der Waals surface area contributed by atoms with E-state index in [9.17, 15) is 0 Å². The Kier molecular flexibility index (Phi) is 7.58. The van der Waals surface area contributed by atoms with Gasteiger partial charge in [-0.1, -0.05) is 147 Å². The number of nitrogens with zero attached hydrogens (tertiary/aromatic N) is 2. The lowest BCUT2D eigenvalue weighted by atomic mass is 9.82. The Morgan fingerprint density at radius 2 is 1.05 bits per heavy atom. The van der Waals surface area contributed by atoms with Gasteiger partial charge in [-0.15, -0.1) is 0 Å². The van der Waals surface area contributed by atoms with Crippen molar-refractivity contribution in [2.75, 3.05) is 4.90 Å². The maximum Gasteiger partial charge on any atom is 0.135 e. The molecule has 0 bridgehead atoms. The van der Waals surface area contributed by atoms with Gasteiger partial charge in [0, 0.05) is 49.6 Å². The second kappa shape index (κ2) is 13.2. The maximum absolute atomic E-state index is 6.26. The van der Waals surface area contributed by atoms with Gasteiger partial charge in [0.2, 0.25) is 0 Å². The van der Waals surface area contributed by atoms with Gasteiger partial charge in [0.25, 0.3) is 0 Å². The van der Waals surface area contributed by atoms with Crippen LogP contribution in [-0.4, -0.2) is 4.57 Å². The molecule has 1 aliphatic rings. The lowest BCUT2D eigenvalue weighted by Crippen LogP contribution is -2.16. The van der Waals surface area contributed by atoms with Crippen molar-refractivity contribution >= 4 is 60.8 Å². The van der Waals surface area contributed by atoms with Gasteiger partial charge in [0.15, 0.2) is 0 Å². The van der Waals surface area contributed by atoms with Crippen LogP contribution in [0.2, 0.25) is 0 Å². The van der Waals surface area contributed by atoms with Gasteiger partial charge in [0.1, 0.15) is 11.2 Å². The number of rotatable bonds is 6. The van der Waals surface area contributed by atoms with E-state index in [0.717, 1.165) is 55.8 Å². The van der Waals surface area contributed by atoms with E-state index >= 15 is 0 Å². The van der Waals surface area contributed by atoms with Crippen LogP contribution in [0.3, 0.4) is 0 Å². The molecular weight excluding hydrogens is 729 g/mol. The molecule has 0 saturated carbocycles. The van der Waals surface area contributed by atoms with E-state index in [-0.39, 0.29) is 5.41 Å². The van der Waals surface area contributed by atoms with Gasteiger partial charge in [-0.25, -0.2) is 0 Å². The van der Waals surface area contributed by atoms with E-state index in [1.54, 1.807) is 0 Å². The highest BCUT2D eigenvalue weighted by Gasteiger charge is 2.36. The van der Waals surface area contributed by atoms with Crippen molar-refractivity contribution in [2.45, 2.75) is 19.3 Å². The summed E-state index contributed by atoms with van der Waals surface area (Å²) >= 11 is 0. The summed E-state index contributed by atoms with van der Waals surface area (Å²) in [5.41, 5.74) is 18.6. The monoisotopic (exact) mass is 768 g/mol. The highest BCUT2D eigenvalue weighted by molar-refractivity contribution is 6.16. The molecule has 3 heteroatoms. The van der Waals surface area contributed by atoms with Gasteiger partial charge in [-0.2, -0.15) is 0 Å². The first-order valence-corrected chi connectivity index (χ1v) is 20.8. The first-order chi connectivity index (χ1) is 29.5. The molecular formula is C57H40N2O. The minimum absolute atomic E-state index is 0.137. The van der Waals surface area contributed by atoms with E-state index in [1.807, 2.05) is 12.1 Å². The highest BCUT2D eigenvalue weighted by Crippen LogP contribution is 2.51. The first kappa shape index (κ1) is 34.4. The molecule has 0 fully saturated rings. The summed E-state index contributed by atoms with van der Waals surface area (Å²) in [6.45, 7) is 4.71. The number of anilines is 3.